The average molecular weight is 353 g/mol. The van der Waals surface area contributed by atoms with Crippen molar-refractivity contribution in [1.82, 2.24) is 9.88 Å². The van der Waals surface area contributed by atoms with E-state index in [4.69, 9.17) is 11.6 Å². The van der Waals surface area contributed by atoms with Crippen molar-refractivity contribution < 1.29 is 13.2 Å². The van der Waals surface area contributed by atoms with Crippen LogP contribution in [0, 0.1) is 0 Å². The third kappa shape index (κ3) is 4.09. The van der Waals surface area contributed by atoms with E-state index in [0.29, 0.717) is 5.56 Å². The Labute approximate surface area is 140 Å². The van der Waals surface area contributed by atoms with Gasteiger partial charge in [-0.25, -0.2) is 13.4 Å². The monoisotopic (exact) mass is 352 g/mol. The van der Waals surface area contributed by atoms with E-state index in [9.17, 15) is 13.2 Å². The number of aromatic nitrogens is 1. The van der Waals surface area contributed by atoms with Crippen molar-refractivity contribution in [1.29, 1.82) is 0 Å². The van der Waals surface area contributed by atoms with Crippen LogP contribution in [0.2, 0.25) is 5.15 Å². The number of carbonyl (C=O) groups excluding carboxylic acids is 1. The molecule has 0 saturated heterocycles. The molecule has 0 N–H and O–H groups in total. The first-order valence-electron chi connectivity index (χ1n) is 6.89. The smallest absolute Gasteiger partial charge is 0.254 e. The number of carbonyl (C=O) groups is 1. The Kier molecular flexibility index (Phi) is 5.06. The predicted molar refractivity (Wildman–Crippen MR) is 89.3 cm³/mol. The molecule has 2 aromatic rings. The maximum Gasteiger partial charge on any atom is 0.254 e. The second kappa shape index (κ2) is 6.68. The topological polar surface area (TPSA) is 67.3 Å². The van der Waals surface area contributed by atoms with E-state index in [1.54, 1.807) is 42.3 Å². The van der Waals surface area contributed by atoms with Gasteiger partial charge in [-0.05, 0) is 36.8 Å². The third-order valence-corrected chi connectivity index (χ3v) is 5.00. The van der Waals surface area contributed by atoms with Crippen molar-refractivity contribution in [3.05, 3.63) is 58.9 Å². The van der Waals surface area contributed by atoms with Crippen LogP contribution in [-0.4, -0.2) is 37.5 Å². The quantitative estimate of drug-likeness (QED) is 0.793. The Bertz CT molecular complexity index is 819. The van der Waals surface area contributed by atoms with Gasteiger partial charge in [0.2, 0.25) is 0 Å². The minimum atomic E-state index is -3.23. The highest BCUT2D eigenvalue weighted by molar-refractivity contribution is 7.90. The van der Waals surface area contributed by atoms with Gasteiger partial charge in [-0.1, -0.05) is 23.7 Å². The van der Waals surface area contributed by atoms with Gasteiger partial charge in [-0.15, -0.1) is 0 Å². The van der Waals surface area contributed by atoms with Gasteiger partial charge in [0.25, 0.3) is 5.91 Å². The molecule has 1 aromatic carbocycles. The molecule has 1 atom stereocenters. The lowest BCUT2D eigenvalue weighted by molar-refractivity contribution is 0.0742. The molecule has 1 heterocycles. The molecular weight excluding hydrogens is 336 g/mol. The predicted octanol–water partition coefficient (Wildman–Crippen LogP) is 2.97. The molecule has 2 rings (SSSR count). The summed E-state index contributed by atoms with van der Waals surface area (Å²) in [5, 5.41) is 0.259. The molecule has 1 amide bonds. The summed E-state index contributed by atoms with van der Waals surface area (Å²) < 4.78 is 23.0. The largest absolute Gasteiger partial charge is 0.335 e. The number of sulfone groups is 1. The highest BCUT2D eigenvalue weighted by Crippen LogP contribution is 2.22. The number of halogens is 1. The summed E-state index contributed by atoms with van der Waals surface area (Å²) in [4.78, 5) is 18.2. The molecule has 5 nitrogen and oxygen atoms in total. The van der Waals surface area contributed by atoms with Crippen LogP contribution in [0.1, 0.15) is 28.9 Å². The molecule has 0 saturated carbocycles. The lowest BCUT2D eigenvalue weighted by Gasteiger charge is -2.25. The Balaban J connectivity index is 2.22. The minimum Gasteiger partial charge on any atom is -0.335 e. The number of benzene rings is 1. The molecule has 122 valence electrons. The molecule has 0 aliphatic carbocycles. The lowest BCUT2D eigenvalue weighted by atomic mass is 10.1. The van der Waals surface area contributed by atoms with Gasteiger partial charge >= 0.3 is 0 Å². The molecule has 0 aliphatic heterocycles. The minimum absolute atomic E-state index is 0.186. The zero-order valence-corrected chi connectivity index (χ0v) is 14.6. The second-order valence-electron chi connectivity index (χ2n) is 5.30. The van der Waals surface area contributed by atoms with Crippen molar-refractivity contribution in [3.63, 3.8) is 0 Å². The van der Waals surface area contributed by atoms with Crippen molar-refractivity contribution in [2.75, 3.05) is 13.3 Å². The molecular formula is C16H17ClN2O3S. The van der Waals surface area contributed by atoms with Gasteiger partial charge in [0, 0.05) is 25.1 Å². The molecule has 0 bridgehead atoms. The lowest BCUT2D eigenvalue weighted by Crippen LogP contribution is -2.29. The van der Waals surface area contributed by atoms with Gasteiger partial charge in [-0.2, -0.15) is 0 Å². The standard InChI is InChI=1S/C16H17ClN2O3S/c1-11(12-4-6-14(7-5-12)23(3,21)22)19(2)16(20)13-8-9-18-15(17)10-13/h4-11H,1-3H3/t11-/m0/s1. The maximum atomic E-state index is 12.5. The van der Waals surface area contributed by atoms with E-state index < -0.39 is 9.84 Å². The van der Waals surface area contributed by atoms with Crippen LogP contribution >= 0.6 is 11.6 Å². The van der Waals surface area contributed by atoms with Crippen LogP contribution in [0.4, 0.5) is 0 Å². The first-order chi connectivity index (χ1) is 10.7. The first-order valence-corrected chi connectivity index (χ1v) is 9.16. The summed E-state index contributed by atoms with van der Waals surface area (Å²) in [6.45, 7) is 1.87. The normalized spacial score (nSPS) is 12.7. The molecule has 0 aliphatic rings. The number of hydrogen-bond acceptors (Lipinski definition) is 4. The Hall–Kier alpha value is -1.92. The number of rotatable bonds is 4. The Morgan fingerprint density at radius 2 is 1.83 bits per heavy atom. The fourth-order valence-corrected chi connectivity index (χ4v) is 2.94. The van der Waals surface area contributed by atoms with Crippen LogP contribution < -0.4 is 0 Å². The van der Waals surface area contributed by atoms with Gasteiger partial charge in [0.15, 0.2) is 9.84 Å². The van der Waals surface area contributed by atoms with Crippen molar-refractivity contribution >= 4 is 27.3 Å². The Morgan fingerprint density at radius 1 is 1.22 bits per heavy atom. The molecule has 0 spiro atoms. The fourth-order valence-electron chi connectivity index (χ4n) is 2.13. The summed E-state index contributed by atoms with van der Waals surface area (Å²) in [6.07, 6.45) is 2.64. The van der Waals surface area contributed by atoms with Crippen LogP contribution in [0.5, 0.6) is 0 Å². The van der Waals surface area contributed by atoms with Crippen LogP contribution in [0.25, 0.3) is 0 Å². The van der Waals surface area contributed by atoms with Crippen LogP contribution in [0.15, 0.2) is 47.5 Å². The SMILES string of the molecule is C[C@@H](c1ccc(S(C)(=O)=O)cc1)N(C)C(=O)c1ccnc(Cl)c1. The Morgan fingerprint density at radius 3 is 2.35 bits per heavy atom. The molecule has 23 heavy (non-hydrogen) atoms. The number of hydrogen-bond donors (Lipinski definition) is 0. The molecule has 7 heteroatoms. The molecule has 1 aromatic heterocycles. The zero-order chi connectivity index (χ0) is 17.2. The number of nitrogens with zero attached hydrogens (tertiary/aromatic N) is 2. The maximum absolute atomic E-state index is 12.5. The van der Waals surface area contributed by atoms with E-state index in [-0.39, 0.29) is 22.0 Å². The summed E-state index contributed by atoms with van der Waals surface area (Å²) in [5.74, 6) is -0.186. The summed E-state index contributed by atoms with van der Waals surface area (Å²) >= 11 is 5.81. The molecule has 0 radical (unpaired) electrons. The second-order valence-corrected chi connectivity index (χ2v) is 7.70. The summed E-state index contributed by atoms with van der Waals surface area (Å²) in [5.41, 5.74) is 1.29. The highest BCUT2D eigenvalue weighted by atomic mass is 35.5. The molecule has 0 fully saturated rings. The van der Waals surface area contributed by atoms with E-state index in [2.05, 4.69) is 4.98 Å². The van der Waals surface area contributed by atoms with Crippen molar-refractivity contribution in [2.24, 2.45) is 0 Å². The van der Waals surface area contributed by atoms with Crippen molar-refractivity contribution in [2.45, 2.75) is 17.9 Å². The summed E-state index contributed by atoms with van der Waals surface area (Å²) in [6, 6.07) is 9.41. The molecule has 0 unspecified atom stereocenters. The van der Waals surface area contributed by atoms with Gasteiger partial charge < -0.3 is 4.90 Å². The highest BCUT2D eigenvalue weighted by Gasteiger charge is 2.19. The van der Waals surface area contributed by atoms with Gasteiger partial charge in [-0.3, -0.25) is 4.79 Å². The van der Waals surface area contributed by atoms with Crippen LogP contribution in [-0.2, 0) is 9.84 Å². The zero-order valence-electron chi connectivity index (χ0n) is 13.0. The van der Waals surface area contributed by atoms with E-state index in [1.807, 2.05) is 6.92 Å². The van der Waals surface area contributed by atoms with Gasteiger partial charge in [0.05, 0.1) is 10.9 Å². The average Bonchev–Trinajstić information content (AvgIpc) is 2.52. The van der Waals surface area contributed by atoms with E-state index >= 15 is 0 Å². The van der Waals surface area contributed by atoms with E-state index in [1.165, 1.54) is 12.3 Å². The number of pyridine rings is 1. The number of amides is 1. The first kappa shape index (κ1) is 17.4. The van der Waals surface area contributed by atoms with Crippen LogP contribution in [0.3, 0.4) is 0 Å². The van der Waals surface area contributed by atoms with Gasteiger partial charge in [0.1, 0.15) is 5.15 Å². The van der Waals surface area contributed by atoms with Crippen molar-refractivity contribution in [3.8, 4) is 0 Å². The third-order valence-electron chi connectivity index (χ3n) is 3.67. The van der Waals surface area contributed by atoms with E-state index in [0.717, 1.165) is 11.8 Å². The summed E-state index contributed by atoms with van der Waals surface area (Å²) in [7, 11) is -1.55. The fraction of sp³-hybridized carbons (Fsp3) is 0.250.